The van der Waals surface area contributed by atoms with E-state index in [2.05, 4.69) is 4.98 Å². The number of imidazole rings is 1. The number of carbonyl (C=O) groups is 2. The molecule has 0 radical (unpaired) electrons. The summed E-state index contributed by atoms with van der Waals surface area (Å²) in [5.74, 6) is -0.958. The lowest BCUT2D eigenvalue weighted by Crippen LogP contribution is -2.31. The SMILES string of the molecule is CCCOc1cccc(C2C(=C(O)c3c(C)nc4ccccn34)C(=O)C(=O)N2CCCOC)c1. The van der Waals surface area contributed by atoms with Crippen LogP contribution in [0.5, 0.6) is 5.75 Å². The van der Waals surface area contributed by atoms with Crippen molar-refractivity contribution in [1.29, 1.82) is 0 Å². The molecule has 1 N–H and O–H groups in total. The van der Waals surface area contributed by atoms with Gasteiger partial charge in [-0.15, -0.1) is 0 Å². The predicted octanol–water partition coefficient (Wildman–Crippen LogP) is 3.89. The van der Waals surface area contributed by atoms with Crippen LogP contribution in [0.1, 0.15) is 42.8 Å². The first-order valence-corrected chi connectivity index (χ1v) is 11.4. The van der Waals surface area contributed by atoms with Crippen LogP contribution in [0.2, 0.25) is 0 Å². The van der Waals surface area contributed by atoms with Gasteiger partial charge in [0.05, 0.1) is 23.9 Å². The van der Waals surface area contributed by atoms with Gasteiger partial charge in [0.15, 0.2) is 5.76 Å². The molecule has 2 aromatic heterocycles. The average molecular weight is 464 g/mol. The van der Waals surface area contributed by atoms with Crippen LogP contribution in [0.15, 0.2) is 54.2 Å². The number of aliphatic hydroxyl groups is 1. The molecule has 3 heterocycles. The number of pyridine rings is 1. The van der Waals surface area contributed by atoms with Crippen LogP contribution in [0.4, 0.5) is 0 Å². The van der Waals surface area contributed by atoms with Crippen molar-refractivity contribution in [1.82, 2.24) is 14.3 Å². The Morgan fingerprint density at radius 3 is 2.74 bits per heavy atom. The Balaban J connectivity index is 1.87. The second-order valence-electron chi connectivity index (χ2n) is 8.23. The van der Waals surface area contributed by atoms with Crippen LogP contribution in [0.3, 0.4) is 0 Å². The van der Waals surface area contributed by atoms with Crippen LogP contribution in [0.25, 0.3) is 11.4 Å². The fourth-order valence-corrected chi connectivity index (χ4v) is 4.36. The molecule has 0 aliphatic carbocycles. The maximum absolute atomic E-state index is 13.3. The highest BCUT2D eigenvalue weighted by Crippen LogP contribution is 2.40. The van der Waals surface area contributed by atoms with E-state index in [1.807, 2.05) is 49.4 Å². The number of methoxy groups -OCH3 is 1. The number of hydrogen-bond acceptors (Lipinski definition) is 6. The Labute approximate surface area is 198 Å². The summed E-state index contributed by atoms with van der Waals surface area (Å²) in [4.78, 5) is 32.4. The van der Waals surface area contributed by atoms with Crippen molar-refractivity contribution in [2.75, 3.05) is 26.9 Å². The molecule has 1 saturated heterocycles. The van der Waals surface area contributed by atoms with Gasteiger partial charge >= 0.3 is 0 Å². The molecule has 1 atom stereocenters. The van der Waals surface area contributed by atoms with Crippen molar-refractivity contribution in [3.8, 4) is 5.75 Å². The van der Waals surface area contributed by atoms with Crippen molar-refractivity contribution < 1.29 is 24.2 Å². The van der Waals surface area contributed by atoms with E-state index in [-0.39, 0.29) is 11.3 Å². The number of aromatic nitrogens is 2. The number of benzene rings is 1. The molecular formula is C26H29N3O5. The van der Waals surface area contributed by atoms with E-state index in [4.69, 9.17) is 9.47 Å². The largest absolute Gasteiger partial charge is 0.505 e. The zero-order valence-corrected chi connectivity index (χ0v) is 19.7. The molecule has 4 rings (SSSR count). The molecule has 34 heavy (non-hydrogen) atoms. The molecule has 1 amide bonds. The van der Waals surface area contributed by atoms with Gasteiger partial charge < -0.3 is 19.5 Å². The average Bonchev–Trinajstić information content (AvgIpc) is 3.31. The van der Waals surface area contributed by atoms with Crippen molar-refractivity contribution >= 4 is 23.1 Å². The molecule has 1 fully saturated rings. The highest BCUT2D eigenvalue weighted by atomic mass is 16.5. The second-order valence-corrected chi connectivity index (χ2v) is 8.23. The van der Waals surface area contributed by atoms with Crippen molar-refractivity contribution in [2.45, 2.75) is 32.7 Å². The van der Waals surface area contributed by atoms with Crippen molar-refractivity contribution in [3.63, 3.8) is 0 Å². The van der Waals surface area contributed by atoms with E-state index in [0.717, 1.165) is 6.42 Å². The maximum atomic E-state index is 13.3. The Morgan fingerprint density at radius 1 is 1.15 bits per heavy atom. The molecule has 0 bridgehead atoms. The minimum Gasteiger partial charge on any atom is -0.505 e. The summed E-state index contributed by atoms with van der Waals surface area (Å²) in [6, 6.07) is 12.1. The van der Waals surface area contributed by atoms with Crippen LogP contribution >= 0.6 is 0 Å². The number of nitrogens with zero attached hydrogens (tertiary/aromatic N) is 3. The third-order valence-electron chi connectivity index (χ3n) is 5.86. The molecule has 3 aromatic rings. The number of aryl methyl sites for hydroxylation is 1. The number of Topliss-reactive ketones (excluding diaryl/α,β-unsaturated/α-hetero) is 1. The first-order chi connectivity index (χ1) is 16.5. The number of likely N-dealkylation sites (tertiary alicyclic amines) is 1. The number of hydrogen-bond donors (Lipinski definition) is 1. The summed E-state index contributed by atoms with van der Waals surface area (Å²) in [6.45, 7) is 5.10. The number of ketones is 1. The Morgan fingerprint density at radius 2 is 1.97 bits per heavy atom. The molecule has 1 aliphatic rings. The lowest BCUT2D eigenvalue weighted by molar-refractivity contribution is -0.140. The minimum atomic E-state index is -0.754. The lowest BCUT2D eigenvalue weighted by atomic mass is 9.96. The number of fused-ring (bicyclic) bond motifs is 1. The fourth-order valence-electron chi connectivity index (χ4n) is 4.36. The minimum absolute atomic E-state index is 0.0452. The standard InChI is InChI=1S/C26H29N3O5/c1-4-14-34-19-10-7-9-18(16-19)23-21(25(31)26(32)29(23)13-8-15-33-3)24(30)22-17(2)27-20-11-5-6-12-28(20)22/h5-7,9-12,16,23,30H,4,8,13-15H2,1-3H3. The van der Waals surface area contributed by atoms with Crippen LogP contribution in [0, 0.1) is 6.92 Å². The number of amides is 1. The summed E-state index contributed by atoms with van der Waals surface area (Å²) >= 11 is 0. The van der Waals surface area contributed by atoms with Gasteiger partial charge in [0.1, 0.15) is 17.1 Å². The van der Waals surface area contributed by atoms with Gasteiger partial charge in [-0.1, -0.05) is 25.1 Å². The normalized spacial score (nSPS) is 17.6. The zero-order chi connectivity index (χ0) is 24.2. The molecule has 8 nitrogen and oxygen atoms in total. The van der Waals surface area contributed by atoms with Crippen LogP contribution < -0.4 is 4.74 Å². The number of aliphatic hydroxyl groups excluding tert-OH is 1. The predicted molar refractivity (Wildman–Crippen MR) is 128 cm³/mol. The van der Waals surface area contributed by atoms with E-state index in [9.17, 15) is 14.7 Å². The number of carbonyl (C=O) groups excluding carboxylic acids is 2. The molecule has 1 aliphatic heterocycles. The fraction of sp³-hybridized carbons (Fsp3) is 0.346. The van der Waals surface area contributed by atoms with Gasteiger partial charge in [-0.2, -0.15) is 0 Å². The van der Waals surface area contributed by atoms with Gasteiger partial charge in [-0.05, 0) is 49.6 Å². The van der Waals surface area contributed by atoms with Gasteiger partial charge in [0.2, 0.25) is 0 Å². The number of ether oxygens (including phenoxy) is 2. The van der Waals surface area contributed by atoms with Crippen LogP contribution in [-0.4, -0.2) is 57.9 Å². The maximum Gasteiger partial charge on any atom is 0.295 e. The molecule has 1 unspecified atom stereocenters. The molecule has 178 valence electrons. The second kappa shape index (κ2) is 10.1. The van der Waals surface area contributed by atoms with E-state index in [1.165, 1.54) is 4.90 Å². The highest BCUT2D eigenvalue weighted by Gasteiger charge is 2.46. The van der Waals surface area contributed by atoms with Gasteiger partial charge in [-0.3, -0.25) is 14.0 Å². The van der Waals surface area contributed by atoms with E-state index < -0.39 is 17.7 Å². The monoisotopic (exact) mass is 463 g/mol. The van der Waals surface area contributed by atoms with Crippen LogP contribution in [-0.2, 0) is 14.3 Å². The Bertz CT molecular complexity index is 1250. The molecule has 8 heteroatoms. The topological polar surface area (TPSA) is 93.4 Å². The summed E-state index contributed by atoms with van der Waals surface area (Å²) in [5, 5.41) is 11.5. The summed E-state index contributed by atoms with van der Waals surface area (Å²) in [7, 11) is 1.59. The first-order valence-electron chi connectivity index (χ1n) is 11.4. The first kappa shape index (κ1) is 23.5. The van der Waals surface area contributed by atoms with Gasteiger partial charge in [0.25, 0.3) is 11.7 Å². The quantitative estimate of drug-likeness (QED) is 0.224. The number of rotatable bonds is 9. The van der Waals surface area contributed by atoms with Gasteiger partial charge in [0, 0.05) is 26.5 Å². The molecule has 1 aromatic carbocycles. The van der Waals surface area contributed by atoms with Gasteiger partial charge in [-0.25, -0.2) is 4.98 Å². The third kappa shape index (κ3) is 4.28. The molecular weight excluding hydrogens is 434 g/mol. The smallest absolute Gasteiger partial charge is 0.295 e. The zero-order valence-electron chi connectivity index (χ0n) is 19.7. The lowest BCUT2D eigenvalue weighted by Gasteiger charge is -2.25. The summed E-state index contributed by atoms with van der Waals surface area (Å²) in [5.41, 5.74) is 2.34. The van der Waals surface area contributed by atoms with E-state index >= 15 is 0 Å². The summed E-state index contributed by atoms with van der Waals surface area (Å²) in [6.07, 6.45) is 3.18. The Hall–Kier alpha value is -3.65. The third-order valence-corrected chi connectivity index (χ3v) is 5.86. The van der Waals surface area contributed by atoms with E-state index in [1.54, 1.807) is 24.6 Å². The molecule has 0 spiro atoms. The highest BCUT2D eigenvalue weighted by molar-refractivity contribution is 6.46. The molecule has 0 saturated carbocycles. The summed E-state index contributed by atoms with van der Waals surface area (Å²) < 4.78 is 12.7. The Kier molecular flexibility index (Phi) is 6.98. The van der Waals surface area contributed by atoms with Crippen molar-refractivity contribution in [2.24, 2.45) is 0 Å². The van der Waals surface area contributed by atoms with E-state index in [0.29, 0.717) is 54.5 Å². The van der Waals surface area contributed by atoms with Crippen molar-refractivity contribution in [3.05, 3.63) is 71.2 Å².